The van der Waals surface area contributed by atoms with Crippen LogP contribution in [0, 0.1) is 11.3 Å². The summed E-state index contributed by atoms with van der Waals surface area (Å²) in [5.74, 6) is 1.21. The molecular weight excluding hydrogens is 342 g/mol. The number of aliphatic hydroxyl groups excluding tert-OH is 1. The molecule has 0 amide bonds. The summed E-state index contributed by atoms with van der Waals surface area (Å²) in [5.41, 5.74) is 2.00. The molecule has 1 aromatic heterocycles. The molecule has 0 aliphatic heterocycles. The maximum Gasteiger partial charge on any atom is 0.207 e. The third-order valence-electron chi connectivity index (χ3n) is 3.97. The molecule has 3 aromatic rings. The lowest BCUT2D eigenvalue weighted by Crippen LogP contribution is -2.27. The van der Waals surface area contributed by atoms with Crippen LogP contribution in [-0.2, 0) is 6.54 Å². The van der Waals surface area contributed by atoms with Crippen LogP contribution in [0.15, 0.2) is 54.6 Å². The molecule has 0 bridgehead atoms. The summed E-state index contributed by atoms with van der Waals surface area (Å²) in [5, 5.41) is 27.8. The predicted molar refractivity (Wildman–Crippen MR) is 102 cm³/mol. The van der Waals surface area contributed by atoms with Crippen LogP contribution in [0.3, 0.4) is 0 Å². The van der Waals surface area contributed by atoms with Crippen molar-refractivity contribution >= 4 is 5.82 Å². The van der Waals surface area contributed by atoms with E-state index in [0.717, 1.165) is 17.0 Å². The molecule has 0 atom stereocenters. The van der Waals surface area contributed by atoms with E-state index in [-0.39, 0.29) is 12.3 Å². The molecule has 3 rings (SSSR count). The average Bonchev–Trinajstić information content (AvgIpc) is 3.14. The molecule has 0 unspecified atom stereocenters. The zero-order chi connectivity index (χ0) is 19.1. The Morgan fingerprint density at radius 3 is 2.48 bits per heavy atom. The number of rotatable bonds is 8. The van der Waals surface area contributed by atoms with Crippen molar-refractivity contribution in [2.75, 3.05) is 24.7 Å². The van der Waals surface area contributed by atoms with Gasteiger partial charge in [-0.1, -0.05) is 30.3 Å². The summed E-state index contributed by atoms with van der Waals surface area (Å²) in [6.45, 7) is 3.35. The number of nitrogens with zero attached hydrogens (tertiary/aromatic N) is 5. The highest BCUT2D eigenvalue weighted by atomic mass is 16.5. The minimum Gasteiger partial charge on any atom is -0.494 e. The first-order valence-electron chi connectivity index (χ1n) is 8.75. The Bertz CT molecular complexity index is 900. The maximum absolute atomic E-state index is 9.50. The molecule has 0 saturated carbocycles. The van der Waals surface area contributed by atoms with Gasteiger partial charge in [-0.05, 0) is 36.8 Å². The van der Waals surface area contributed by atoms with Crippen molar-refractivity contribution in [3.63, 3.8) is 0 Å². The van der Waals surface area contributed by atoms with Gasteiger partial charge in [-0.3, -0.25) is 0 Å². The highest BCUT2D eigenvalue weighted by molar-refractivity contribution is 5.51. The molecule has 2 aromatic carbocycles. The van der Waals surface area contributed by atoms with Crippen LogP contribution in [0.2, 0.25) is 0 Å². The van der Waals surface area contributed by atoms with E-state index >= 15 is 0 Å². The monoisotopic (exact) mass is 363 g/mol. The van der Waals surface area contributed by atoms with Gasteiger partial charge in [0.15, 0.2) is 5.82 Å². The summed E-state index contributed by atoms with van der Waals surface area (Å²) >= 11 is 0. The normalized spacial score (nSPS) is 10.4. The van der Waals surface area contributed by atoms with Crippen LogP contribution >= 0.6 is 0 Å². The molecule has 0 spiro atoms. The summed E-state index contributed by atoms with van der Waals surface area (Å²) in [6, 6.07) is 19.3. The van der Waals surface area contributed by atoms with Gasteiger partial charge in [0.1, 0.15) is 11.8 Å². The fourth-order valence-electron chi connectivity index (χ4n) is 2.73. The predicted octanol–water partition coefficient (Wildman–Crippen LogP) is 2.54. The van der Waals surface area contributed by atoms with Crippen molar-refractivity contribution in [3.05, 3.63) is 65.9 Å². The molecule has 27 heavy (non-hydrogen) atoms. The summed E-state index contributed by atoms with van der Waals surface area (Å²) < 4.78 is 5.44. The van der Waals surface area contributed by atoms with Gasteiger partial charge in [-0.15, -0.1) is 15.0 Å². The van der Waals surface area contributed by atoms with E-state index in [9.17, 15) is 10.4 Å². The number of hydrogen-bond acceptors (Lipinski definition) is 6. The van der Waals surface area contributed by atoms with Gasteiger partial charge in [0.25, 0.3) is 0 Å². The lowest BCUT2D eigenvalue weighted by molar-refractivity contribution is 0.301. The number of nitriles is 1. The molecule has 0 saturated heterocycles. The Kier molecular flexibility index (Phi) is 6.02. The fourth-order valence-corrected chi connectivity index (χ4v) is 2.73. The van der Waals surface area contributed by atoms with Crippen molar-refractivity contribution < 1.29 is 9.84 Å². The summed E-state index contributed by atoms with van der Waals surface area (Å²) in [6.07, 6.45) is 0. The third-order valence-corrected chi connectivity index (χ3v) is 3.97. The topological polar surface area (TPSA) is 87.2 Å². The van der Waals surface area contributed by atoms with Gasteiger partial charge in [-0.25, -0.2) is 0 Å². The molecule has 138 valence electrons. The maximum atomic E-state index is 9.50. The Hall–Kier alpha value is -3.37. The Labute approximate surface area is 158 Å². The molecule has 0 fully saturated rings. The number of hydrogen-bond donors (Lipinski definition) is 1. The Morgan fingerprint density at radius 1 is 1.11 bits per heavy atom. The quantitative estimate of drug-likeness (QED) is 0.662. The number of benzene rings is 2. The summed E-state index contributed by atoms with van der Waals surface area (Å²) in [4.78, 5) is 3.28. The lowest BCUT2D eigenvalue weighted by Gasteiger charge is -2.21. The van der Waals surface area contributed by atoms with Crippen LogP contribution in [0.4, 0.5) is 5.82 Å². The highest BCUT2D eigenvalue weighted by Gasteiger charge is 2.19. The average molecular weight is 363 g/mol. The molecule has 1 heterocycles. The van der Waals surface area contributed by atoms with Gasteiger partial charge in [0.2, 0.25) is 5.69 Å². The smallest absolute Gasteiger partial charge is 0.207 e. The minimum absolute atomic E-state index is 0.0480. The largest absolute Gasteiger partial charge is 0.494 e. The Balaban J connectivity index is 1.90. The molecule has 7 nitrogen and oxygen atoms in total. The van der Waals surface area contributed by atoms with Crippen LogP contribution in [-0.4, -0.2) is 39.9 Å². The van der Waals surface area contributed by atoms with Crippen molar-refractivity contribution in [3.8, 4) is 17.5 Å². The van der Waals surface area contributed by atoms with Crippen molar-refractivity contribution in [1.29, 1.82) is 5.26 Å². The first-order valence-corrected chi connectivity index (χ1v) is 8.75. The van der Waals surface area contributed by atoms with Gasteiger partial charge in [0, 0.05) is 13.1 Å². The standard InChI is InChI=1S/C20H21N5O2/c1-2-27-18-10-8-17(9-11-18)25-22-19(14-21)20(23-25)24(12-13-26)15-16-6-4-3-5-7-16/h3-11,26H,2,12-13,15H2,1H3. The van der Waals surface area contributed by atoms with Crippen molar-refractivity contribution in [1.82, 2.24) is 15.0 Å². The molecule has 7 heteroatoms. The zero-order valence-corrected chi connectivity index (χ0v) is 15.1. The SMILES string of the molecule is CCOc1ccc(-n2nc(C#N)c(N(CCO)Cc3ccccc3)n2)cc1. The molecule has 0 radical (unpaired) electrons. The van der Waals surface area contributed by atoms with Crippen LogP contribution in [0.25, 0.3) is 5.69 Å². The minimum atomic E-state index is -0.0480. The second kappa shape index (κ2) is 8.83. The number of ether oxygens (including phenoxy) is 1. The fraction of sp³-hybridized carbons (Fsp3) is 0.250. The number of anilines is 1. The van der Waals surface area contributed by atoms with Gasteiger partial charge >= 0.3 is 0 Å². The van der Waals surface area contributed by atoms with Crippen molar-refractivity contribution in [2.45, 2.75) is 13.5 Å². The first-order chi connectivity index (χ1) is 13.2. The van der Waals surface area contributed by atoms with Crippen molar-refractivity contribution in [2.24, 2.45) is 0 Å². The van der Waals surface area contributed by atoms with E-state index in [0.29, 0.717) is 25.5 Å². The van der Waals surface area contributed by atoms with Crippen LogP contribution in [0.1, 0.15) is 18.2 Å². The van der Waals surface area contributed by atoms with Gasteiger partial charge < -0.3 is 14.7 Å². The first kappa shape index (κ1) is 18.4. The van der Waals surface area contributed by atoms with Crippen LogP contribution in [0.5, 0.6) is 5.75 Å². The number of aliphatic hydroxyl groups is 1. The van der Waals surface area contributed by atoms with E-state index in [1.807, 2.05) is 66.4 Å². The summed E-state index contributed by atoms with van der Waals surface area (Å²) in [7, 11) is 0. The van der Waals surface area contributed by atoms with Gasteiger partial charge in [-0.2, -0.15) is 5.26 Å². The second-order valence-corrected chi connectivity index (χ2v) is 5.83. The molecular formula is C20H21N5O2. The van der Waals surface area contributed by atoms with E-state index in [2.05, 4.69) is 16.3 Å². The molecule has 0 aliphatic carbocycles. The third kappa shape index (κ3) is 4.43. The molecule has 0 aliphatic rings. The van der Waals surface area contributed by atoms with Crippen LogP contribution < -0.4 is 9.64 Å². The van der Waals surface area contributed by atoms with E-state index < -0.39 is 0 Å². The Morgan fingerprint density at radius 2 is 1.85 bits per heavy atom. The zero-order valence-electron chi connectivity index (χ0n) is 15.1. The molecule has 1 N–H and O–H groups in total. The highest BCUT2D eigenvalue weighted by Crippen LogP contribution is 2.21. The van der Waals surface area contributed by atoms with Gasteiger partial charge in [0.05, 0.1) is 18.9 Å². The lowest BCUT2D eigenvalue weighted by atomic mass is 10.2. The second-order valence-electron chi connectivity index (χ2n) is 5.83. The van der Waals surface area contributed by atoms with E-state index in [1.165, 1.54) is 4.80 Å². The number of aromatic nitrogens is 3. The van der Waals surface area contributed by atoms with E-state index in [1.54, 1.807) is 0 Å². The van der Waals surface area contributed by atoms with E-state index in [4.69, 9.17) is 4.74 Å².